The molecule has 1 aromatic carbocycles. The molecule has 1 aliphatic heterocycles. The number of nitrogens with two attached hydrogens (primary N) is 1. The maximum Gasteiger partial charge on any atom is 0.328 e. The van der Waals surface area contributed by atoms with E-state index in [1.165, 1.54) is 4.68 Å². The van der Waals surface area contributed by atoms with Crippen LogP contribution in [-0.2, 0) is 4.79 Å². The summed E-state index contributed by atoms with van der Waals surface area (Å²) >= 11 is 0. The Hall–Kier alpha value is -2.88. The fourth-order valence-corrected chi connectivity index (χ4v) is 2.76. The number of fused-ring (bicyclic) bond motifs is 1. The fraction of sp³-hybridized carbons (Fsp3) is 0.286. The molecule has 3 rings (SSSR count). The number of aromatic nitrogens is 3. The number of carboxylic acids is 1. The maximum absolute atomic E-state index is 11.3. The number of rotatable bonds is 2. The summed E-state index contributed by atoms with van der Waals surface area (Å²) in [6.45, 7) is 0. The first-order chi connectivity index (χ1) is 10.1. The van der Waals surface area contributed by atoms with Gasteiger partial charge in [0, 0.05) is 5.92 Å². The average molecular weight is 283 g/mol. The average Bonchev–Trinajstić information content (AvgIpc) is 2.87. The van der Waals surface area contributed by atoms with Gasteiger partial charge in [0.15, 0.2) is 6.04 Å². The number of nitrogen functional groups attached to an aromatic ring is 1. The van der Waals surface area contributed by atoms with Gasteiger partial charge in [-0.05, 0) is 30.5 Å². The molecule has 0 fully saturated rings. The summed E-state index contributed by atoms with van der Waals surface area (Å²) in [5.41, 5.74) is 7.11. The second-order valence-electron chi connectivity index (χ2n) is 4.99. The van der Waals surface area contributed by atoms with Gasteiger partial charge in [-0.3, -0.25) is 0 Å². The van der Waals surface area contributed by atoms with Crippen LogP contribution in [0.4, 0.5) is 5.95 Å². The Morgan fingerprint density at radius 1 is 1.48 bits per heavy atom. The second kappa shape index (κ2) is 4.90. The standard InChI is InChI=1S/C14H13N5O2/c15-7-8-2-1-3-9(6-8)10-4-5-11(13(20)21)19-12(10)17-14(16)18-19/h1-3,6,10-11H,4-5H2,(H2,16,18)(H,20,21). The monoisotopic (exact) mass is 283 g/mol. The Labute approximate surface area is 120 Å². The first kappa shape index (κ1) is 13.1. The summed E-state index contributed by atoms with van der Waals surface area (Å²) in [7, 11) is 0. The van der Waals surface area contributed by atoms with Crippen LogP contribution in [0.25, 0.3) is 0 Å². The number of nitriles is 1. The molecule has 21 heavy (non-hydrogen) atoms. The fourth-order valence-electron chi connectivity index (χ4n) is 2.76. The van der Waals surface area contributed by atoms with Gasteiger partial charge in [0.05, 0.1) is 11.6 Å². The summed E-state index contributed by atoms with van der Waals surface area (Å²) < 4.78 is 1.39. The summed E-state index contributed by atoms with van der Waals surface area (Å²) in [4.78, 5) is 15.5. The van der Waals surface area contributed by atoms with Crippen LogP contribution in [0.2, 0.25) is 0 Å². The molecule has 0 amide bonds. The van der Waals surface area contributed by atoms with E-state index < -0.39 is 12.0 Å². The zero-order chi connectivity index (χ0) is 15.0. The topological polar surface area (TPSA) is 118 Å². The third-order valence-electron chi connectivity index (χ3n) is 3.71. The van der Waals surface area contributed by atoms with Crippen LogP contribution in [0.15, 0.2) is 24.3 Å². The molecule has 0 radical (unpaired) electrons. The molecule has 0 saturated carbocycles. The summed E-state index contributed by atoms with van der Waals surface area (Å²) in [5, 5.41) is 22.3. The molecule has 106 valence electrons. The maximum atomic E-state index is 11.3. The number of nitrogens with zero attached hydrogens (tertiary/aromatic N) is 4. The van der Waals surface area contributed by atoms with Crippen LogP contribution in [0.1, 0.15) is 41.8 Å². The van der Waals surface area contributed by atoms with Crippen molar-refractivity contribution >= 4 is 11.9 Å². The highest BCUT2D eigenvalue weighted by atomic mass is 16.4. The van der Waals surface area contributed by atoms with Crippen molar-refractivity contribution in [2.75, 3.05) is 5.73 Å². The number of carbonyl (C=O) groups is 1. The van der Waals surface area contributed by atoms with E-state index in [0.29, 0.717) is 24.2 Å². The molecule has 2 aromatic rings. The Balaban J connectivity index is 2.07. The Bertz CT molecular complexity index is 746. The quantitative estimate of drug-likeness (QED) is 0.857. The van der Waals surface area contributed by atoms with Gasteiger partial charge in [-0.1, -0.05) is 12.1 Å². The molecule has 2 atom stereocenters. The van der Waals surface area contributed by atoms with Crippen LogP contribution in [0, 0.1) is 11.3 Å². The molecule has 1 aromatic heterocycles. The van der Waals surface area contributed by atoms with Gasteiger partial charge < -0.3 is 10.8 Å². The molecular formula is C14H13N5O2. The van der Waals surface area contributed by atoms with Crippen LogP contribution >= 0.6 is 0 Å². The molecular weight excluding hydrogens is 270 g/mol. The Morgan fingerprint density at radius 3 is 3.00 bits per heavy atom. The SMILES string of the molecule is N#Cc1cccc(C2CCC(C(=O)O)n3nc(N)nc32)c1. The van der Waals surface area contributed by atoms with E-state index in [0.717, 1.165) is 5.56 Å². The lowest BCUT2D eigenvalue weighted by atomic mass is 9.88. The predicted molar refractivity (Wildman–Crippen MR) is 73.3 cm³/mol. The third-order valence-corrected chi connectivity index (χ3v) is 3.71. The lowest BCUT2D eigenvalue weighted by Gasteiger charge is -2.26. The van der Waals surface area contributed by atoms with E-state index in [9.17, 15) is 9.90 Å². The molecule has 0 aliphatic carbocycles. The summed E-state index contributed by atoms with van der Waals surface area (Å²) in [6.07, 6.45) is 1.08. The lowest BCUT2D eigenvalue weighted by molar-refractivity contribution is -0.141. The minimum atomic E-state index is -0.939. The summed E-state index contributed by atoms with van der Waals surface area (Å²) in [5.74, 6) is -0.426. The molecule has 0 saturated heterocycles. The largest absolute Gasteiger partial charge is 0.480 e. The van der Waals surface area contributed by atoms with E-state index in [1.807, 2.05) is 6.07 Å². The highest BCUT2D eigenvalue weighted by Crippen LogP contribution is 2.37. The van der Waals surface area contributed by atoms with E-state index in [-0.39, 0.29) is 11.9 Å². The first-order valence-corrected chi connectivity index (χ1v) is 6.55. The molecule has 2 heterocycles. The molecule has 0 bridgehead atoms. The second-order valence-corrected chi connectivity index (χ2v) is 4.99. The van der Waals surface area contributed by atoms with Crippen molar-refractivity contribution in [3.8, 4) is 6.07 Å². The lowest BCUT2D eigenvalue weighted by Crippen LogP contribution is -2.28. The van der Waals surface area contributed by atoms with Crippen molar-refractivity contribution in [2.24, 2.45) is 0 Å². The van der Waals surface area contributed by atoms with Crippen molar-refractivity contribution in [2.45, 2.75) is 24.8 Å². The van der Waals surface area contributed by atoms with E-state index in [1.54, 1.807) is 18.2 Å². The van der Waals surface area contributed by atoms with Gasteiger partial charge in [-0.15, -0.1) is 5.10 Å². The molecule has 7 heteroatoms. The van der Waals surface area contributed by atoms with Crippen molar-refractivity contribution in [1.82, 2.24) is 14.8 Å². The highest BCUT2D eigenvalue weighted by molar-refractivity contribution is 5.72. The number of anilines is 1. The zero-order valence-electron chi connectivity index (χ0n) is 11.1. The summed E-state index contributed by atoms with van der Waals surface area (Å²) in [6, 6.07) is 8.60. The van der Waals surface area contributed by atoms with Crippen molar-refractivity contribution < 1.29 is 9.90 Å². The van der Waals surface area contributed by atoms with Crippen molar-refractivity contribution in [1.29, 1.82) is 5.26 Å². The van der Waals surface area contributed by atoms with Crippen LogP contribution in [0.3, 0.4) is 0 Å². The smallest absolute Gasteiger partial charge is 0.328 e. The van der Waals surface area contributed by atoms with Crippen LogP contribution < -0.4 is 5.73 Å². The van der Waals surface area contributed by atoms with Gasteiger partial charge in [0.2, 0.25) is 5.95 Å². The van der Waals surface area contributed by atoms with E-state index >= 15 is 0 Å². The van der Waals surface area contributed by atoms with E-state index in [4.69, 9.17) is 11.0 Å². The van der Waals surface area contributed by atoms with Gasteiger partial charge in [-0.2, -0.15) is 10.2 Å². The van der Waals surface area contributed by atoms with Crippen molar-refractivity contribution in [3.63, 3.8) is 0 Å². The highest BCUT2D eigenvalue weighted by Gasteiger charge is 2.34. The molecule has 1 aliphatic rings. The number of hydrogen-bond acceptors (Lipinski definition) is 5. The van der Waals surface area contributed by atoms with Gasteiger partial charge in [0.25, 0.3) is 0 Å². The number of aliphatic carboxylic acids is 1. The van der Waals surface area contributed by atoms with Gasteiger partial charge in [-0.25, -0.2) is 9.48 Å². The minimum absolute atomic E-state index is 0.0691. The Morgan fingerprint density at radius 2 is 2.29 bits per heavy atom. The Kier molecular flexibility index (Phi) is 3.06. The minimum Gasteiger partial charge on any atom is -0.480 e. The normalized spacial score (nSPS) is 20.5. The van der Waals surface area contributed by atoms with E-state index in [2.05, 4.69) is 16.2 Å². The predicted octanol–water partition coefficient (Wildman–Crippen LogP) is 1.28. The van der Waals surface area contributed by atoms with Crippen LogP contribution in [0.5, 0.6) is 0 Å². The molecule has 0 spiro atoms. The van der Waals surface area contributed by atoms with Crippen molar-refractivity contribution in [3.05, 3.63) is 41.2 Å². The number of benzene rings is 1. The molecule has 3 N–H and O–H groups in total. The van der Waals surface area contributed by atoms with Gasteiger partial charge in [0.1, 0.15) is 5.82 Å². The molecule has 2 unspecified atom stereocenters. The molecule has 7 nitrogen and oxygen atoms in total. The number of hydrogen-bond donors (Lipinski definition) is 2. The number of carboxylic acid groups (broad SMARTS) is 1. The first-order valence-electron chi connectivity index (χ1n) is 6.55. The third kappa shape index (κ3) is 2.21. The van der Waals surface area contributed by atoms with Crippen LogP contribution in [-0.4, -0.2) is 25.8 Å². The zero-order valence-corrected chi connectivity index (χ0v) is 11.1. The van der Waals surface area contributed by atoms with Gasteiger partial charge >= 0.3 is 5.97 Å².